The van der Waals surface area contributed by atoms with Crippen molar-refractivity contribution in [3.05, 3.63) is 82.1 Å². The number of carboxylic acids is 1. The first kappa shape index (κ1) is 29.5. The minimum atomic E-state index is -1.11. The summed E-state index contributed by atoms with van der Waals surface area (Å²) in [6.45, 7) is 8.19. The predicted molar refractivity (Wildman–Crippen MR) is 162 cm³/mol. The van der Waals surface area contributed by atoms with Crippen molar-refractivity contribution in [3.63, 3.8) is 0 Å². The van der Waals surface area contributed by atoms with Gasteiger partial charge < -0.3 is 29.9 Å². The molecule has 0 fully saturated rings. The van der Waals surface area contributed by atoms with Gasteiger partial charge in [0.05, 0.1) is 18.2 Å². The number of allylic oxidation sites excluding steroid dienone is 4. The number of H-pyrrole nitrogens is 1. The van der Waals surface area contributed by atoms with E-state index in [9.17, 15) is 24.9 Å². The van der Waals surface area contributed by atoms with Crippen LogP contribution in [-0.2, 0) is 24.2 Å². The Kier molecular flexibility index (Phi) is 8.19. The number of phenols is 1. The number of rotatable bonds is 10. The lowest BCUT2D eigenvalue weighted by atomic mass is 9.84. The van der Waals surface area contributed by atoms with Crippen LogP contribution in [0.5, 0.6) is 11.5 Å². The van der Waals surface area contributed by atoms with Crippen molar-refractivity contribution in [3.8, 4) is 11.5 Å². The number of hydrogen-bond acceptors (Lipinski definition) is 5. The number of amides is 1. The molecule has 2 aliphatic heterocycles. The summed E-state index contributed by atoms with van der Waals surface area (Å²) in [5, 5.41) is 33.1. The fourth-order valence-corrected chi connectivity index (χ4v) is 6.11. The molecule has 222 valence electrons. The van der Waals surface area contributed by atoms with E-state index < -0.39 is 29.6 Å². The van der Waals surface area contributed by atoms with Gasteiger partial charge in [0.25, 0.3) is 5.91 Å². The number of carboxylic acid groups (broad SMARTS) is 1. The number of benzene rings is 2. The van der Waals surface area contributed by atoms with E-state index >= 15 is 0 Å². The lowest BCUT2D eigenvalue weighted by molar-refractivity contribution is -0.142. The van der Waals surface area contributed by atoms with E-state index in [2.05, 4.69) is 37.9 Å². The van der Waals surface area contributed by atoms with Crippen molar-refractivity contribution in [2.75, 3.05) is 0 Å². The molecule has 8 heteroatoms. The van der Waals surface area contributed by atoms with Gasteiger partial charge in [-0.3, -0.25) is 4.79 Å². The number of aromatic hydroxyl groups is 1. The molecule has 0 radical (unpaired) electrons. The molecule has 42 heavy (non-hydrogen) atoms. The number of aromatic nitrogens is 1. The van der Waals surface area contributed by atoms with Crippen LogP contribution in [0, 0.1) is 0 Å². The van der Waals surface area contributed by atoms with Crippen LogP contribution in [0.2, 0.25) is 0 Å². The summed E-state index contributed by atoms with van der Waals surface area (Å²) in [6, 6.07) is 7.92. The molecule has 0 saturated heterocycles. The van der Waals surface area contributed by atoms with Gasteiger partial charge in [0, 0.05) is 41.1 Å². The Hall–Kier alpha value is -4.04. The zero-order valence-corrected chi connectivity index (χ0v) is 24.7. The van der Waals surface area contributed by atoms with Crippen molar-refractivity contribution in [1.29, 1.82) is 0 Å². The highest BCUT2D eigenvalue weighted by molar-refractivity contribution is 6.02. The van der Waals surface area contributed by atoms with Gasteiger partial charge in [-0.1, -0.05) is 41.5 Å². The molecule has 3 heterocycles. The molecule has 3 aromatic rings. The molecule has 2 aliphatic rings. The number of aliphatic hydroxyl groups is 1. The van der Waals surface area contributed by atoms with Crippen LogP contribution in [-0.4, -0.2) is 54.8 Å². The average Bonchev–Trinajstić information content (AvgIpc) is 3.49. The number of nitrogens with zero attached hydrogens (tertiary/aromatic N) is 1. The number of aliphatic carboxylic acids is 1. The van der Waals surface area contributed by atoms with Crippen molar-refractivity contribution in [2.24, 2.45) is 0 Å². The molecule has 1 amide bonds. The minimum absolute atomic E-state index is 0.0473. The van der Waals surface area contributed by atoms with E-state index in [-0.39, 0.29) is 30.7 Å². The molecule has 2 aromatic carbocycles. The number of aliphatic hydroxyl groups excluding tert-OH is 1. The fraction of sp³-hybridized carbons (Fsp3) is 0.412. The van der Waals surface area contributed by atoms with Crippen molar-refractivity contribution in [2.45, 2.75) is 90.5 Å². The molecule has 0 aliphatic carbocycles. The Morgan fingerprint density at radius 1 is 1.19 bits per heavy atom. The van der Waals surface area contributed by atoms with Crippen LogP contribution in [0.3, 0.4) is 0 Å². The molecule has 0 saturated carbocycles. The van der Waals surface area contributed by atoms with Gasteiger partial charge in [0.15, 0.2) is 0 Å². The molecule has 0 unspecified atom stereocenters. The SMILES string of the molecule is CC(C)=CCC/C(C)=C/CC[C@]1(C)Oc2c(c(O)cc3c2CN([C@@H](Cc2c[nH]c4ccccc24)C(=O)O)C3=O)C[C@@H]1O. The highest BCUT2D eigenvalue weighted by Gasteiger charge is 2.45. The maximum Gasteiger partial charge on any atom is 0.326 e. The van der Waals surface area contributed by atoms with Crippen LogP contribution in [0.1, 0.15) is 80.4 Å². The van der Waals surface area contributed by atoms with Crippen LogP contribution in [0.15, 0.2) is 59.8 Å². The van der Waals surface area contributed by atoms with Crippen LogP contribution < -0.4 is 4.74 Å². The third-order valence-electron chi connectivity index (χ3n) is 8.70. The van der Waals surface area contributed by atoms with Gasteiger partial charge in [-0.25, -0.2) is 4.79 Å². The van der Waals surface area contributed by atoms with E-state index in [1.807, 2.05) is 31.2 Å². The second-order valence-corrected chi connectivity index (χ2v) is 12.1. The summed E-state index contributed by atoms with van der Waals surface area (Å²) in [4.78, 5) is 30.6. The summed E-state index contributed by atoms with van der Waals surface area (Å²) < 4.78 is 6.47. The minimum Gasteiger partial charge on any atom is -0.508 e. The first-order valence-electron chi connectivity index (χ1n) is 14.6. The number of aromatic amines is 1. The van der Waals surface area contributed by atoms with Crippen molar-refractivity contribution < 1.29 is 29.6 Å². The van der Waals surface area contributed by atoms with E-state index in [1.54, 1.807) is 6.20 Å². The zero-order valence-electron chi connectivity index (χ0n) is 24.7. The van der Waals surface area contributed by atoms with Gasteiger partial charge in [-0.05, 0) is 71.1 Å². The number of carbonyl (C=O) groups excluding carboxylic acids is 1. The van der Waals surface area contributed by atoms with Gasteiger partial charge >= 0.3 is 5.97 Å². The monoisotopic (exact) mass is 572 g/mol. The summed E-state index contributed by atoms with van der Waals surface area (Å²) in [5.74, 6) is -1.30. The summed E-state index contributed by atoms with van der Waals surface area (Å²) in [6.07, 6.45) is 8.86. The Morgan fingerprint density at radius 3 is 2.69 bits per heavy atom. The van der Waals surface area contributed by atoms with Gasteiger partial charge in [-0.15, -0.1) is 0 Å². The van der Waals surface area contributed by atoms with E-state index in [1.165, 1.54) is 22.1 Å². The fourth-order valence-electron chi connectivity index (χ4n) is 6.11. The van der Waals surface area contributed by atoms with E-state index in [4.69, 9.17) is 4.74 Å². The Bertz CT molecular complexity index is 1580. The topological polar surface area (TPSA) is 123 Å². The van der Waals surface area contributed by atoms with Crippen LogP contribution >= 0.6 is 0 Å². The number of hydrogen-bond donors (Lipinski definition) is 4. The molecule has 0 bridgehead atoms. The number of phenolic OH excluding ortho intramolecular Hbond substituents is 1. The standard InChI is InChI=1S/C34H40N2O6/c1-20(2)9-7-10-21(3)11-8-14-34(4)30(38)17-25-29(37)16-24-26(31(25)42-34)19-36(32(24)39)28(33(40)41)15-22-18-35-27-13-6-5-12-23(22)27/h5-6,9,11-13,16,18,28,30,35,37-38H,7-8,10,14-15,17,19H2,1-4H3,(H,40,41)/b21-11+/t28-,30-,34-/m0/s1. The number of fused-ring (bicyclic) bond motifs is 4. The summed E-state index contributed by atoms with van der Waals surface area (Å²) in [5.41, 5.74) is 4.60. The lowest BCUT2D eigenvalue weighted by Crippen LogP contribution is -2.49. The molecule has 1 aromatic heterocycles. The molecule has 4 N–H and O–H groups in total. The number of para-hydroxylation sites is 1. The molecule has 5 rings (SSSR count). The third kappa shape index (κ3) is 5.68. The zero-order chi connectivity index (χ0) is 30.2. The van der Waals surface area contributed by atoms with Gasteiger partial charge in [0.1, 0.15) is 23.1 Å². The highest BCUT2D eigenvalue weighted by atomic mass is 16.5. The summed E-state index contributed by atoms with van der Waals surface area (Å²) in [7, 11) is 0. The number of carbonyl (C=O) groups is 2. The summed E-state index contributed by atoms with van der Waals surface area (Å²) >= 11 is 0. The molecule has 8 nitrogen and oxygen atoms in total. The Labute approximate surface area is 246 Å². The van der Waals surface area contributed by atoms with E-state index in [0.717, 1.165) is 29.3 Å². The average molecular weight is 573 g/mol. The smallest absolute Gasteiger partial charge is 0.326 e. The quantitative estimate of drug-likeness (QED) is 0.219. The second kappa shape index (κ2) is 11.7. The molecular formula is C34H40N2O6. The van der Waals surface area contributed by atoms with Crippen LogP contribution in [0.25, 0.3) is 10.9 Å². The second-order valence-electron chi connectivity index (χ2n) is 12.1. The number of nitrogens with one attached hydrogen (secondary N) is 1. The highest BCUT2D eigenvalue weighted by Crippen LogP contribution is 2.46. The normalized spacial score (nSPS) is 20.7. The van der Waals surface area contributed by atoms with Gasteiger partial charge in [-0.2, -0.15) is 0 Å². The lowest BCUT2D eigenvalue weighted by Gasteiger charge is -2.41. The molecule has 0 spiro atoms. The Balaban J connectivity index is 1.38. The number of ether oxygens (including phenoxy) is 1. The van der Waals surface area contributed by atoms with Crippen molar-refractivity contribution >= 4 is 22.8 Å². The maximum atomic E-state index is 13.6. The predicted octanol–water partition coefficient (Wildman–Crippen LogP) is 6.05. The van der Waals surface area contributed by atoms with Gasteiger partial charge in [0.2, 0.25) is 0 Å². The molecular weight excluding hydrogens is 532 g/mol. The largest absolute Gasteiger partial charge is 0.508 e. The van der Waals surface area contributed by atoms with Crippen molar-refractivity contribution in [1.82, 2.24) is 9.88 Å². The maximum absolute atomic E-state index is 13.6. The first-order valence-corrected chi connectivity index (χ1v) is 14.6. The van der Waals surface area contributed by atoms with Crippen LogP contribution in [0.4, 0.5) is 0 Å². The Morgan fingerprint density at radius 2 is 1.95 bits per heavy atom. The first-order chi connectivity index (χ1) is 20.0. The third-order valence-corrected chi connectivity index (χ3v) is 8.70. The van der Waals surface area contributed by atoms with E-state index in [0.29, 0.717) is 29.7 Å². The molecule has 3 atom stereocenters.